The van der Waals surface area contributed by atoms with Crippen LogP contribution in [0.15, 0.2) is 78.9 Å². The predicted octanol–water partition coefficient (Wildman–Crippen LogP) is 4.76. The number of amides is 1. The maximum absolute atomic E-state index is 13.1. The summed E-state index contributed by atoms with van der Waals surface area (Å²) in [6.07, 6.45) is 0. The first-order valence-electron chi connectivity index (χ1n) is 8.10. The van der Waals surface area contributed by atoms with E-state index >= 15 is 0 Å². The summed E-state index contributed by atoms with van der Waals surface area (Å²) < 4.78 is 18.5. The molecule has 3 aromatic carbocycles. The van der Waals surface area contributed by atoms with Gasteiger partial charge in [0.25, 0.3) is 5.91 Å². The third-order valence-electron chi connectivity index (χ3n) is 3.82. The van der Waals surface area contributed by atoms with Crippen molar-refractivity contribution in [3.05, 3.63) is 101 Å². The lowest BCUT2D eigenvalue weighted by Gasteiger charge is -2.20. The molecule has 0 aliphatic rings. The second-order valence-electron chi connectivity index (χ2n) is 5.69. The molecule has 0 saturated carbocycles. The van der Waals surface area contributed by atoms with Crippen LogP contribution in [0, 0.1) is 5.82 Å². The first-order chi connectivity index (χ1) is 12.6. The molecule has 5 heteroatoms. The highest BCUT2D eigenvalue weighted by Crippen LogP contribution is 2.25. The van der Waals surface area contributed by atoms with Gasteiger partial charge < -0.3 is 10.1 Å². The summed E-state index contributed by atoms with van der Waals surface area (Å²) in [6.45, 7) is -0.221. The van der Waals surface area contributed by atoms with Gasteiger partial charge in [-0.15, -0.1) is 0 Å². The molecule has 0 radical (unpaired) electrons. The molecule has 1 amide bonds. The lowest BCUT2D eigenvalue weighted by atomic mass is 9.99. The largest absolute Gasteiger partial charge is 0.482 e. The first kappa shape index (κ1) is 18.0. The molecule has 0 fully saturated rings. The first-order valence-corrected chi connectivity index (χ1v) is 8.48. The van der Waals surface area contributed by atoms with Gasteiger partial charge in [-0.3, -0.25) is 4.79 Å². The SMILES string of the molecule is O=C(COc1ccc(F)cc1Cl)NC(c1ccccc1)c1ccccc1. The average Bonchev–Trinajstić information content (AvgIpc) is 2.67. The topological polar surface area (TPSA) is 38.3 Å². The van der Waals surface area contributed by atoms with Crippen molar-refractivity contribution in [3.63, 3.8) is 0 Å². The Labute approximate surface area is 156 Å². The van der Waals surface area contributed by atoms with Crippen molar-refractivity contribution >= 4 is 17.5 Å². The molecule has 3 rings (SSSR count). The fourth-order valence-corrected chi connectivity index (χ4v) is 2.81. The summed E-state index contributed by atoms with van der Waals surface area (Å²) in [5.41, 5.74) is 1.93. The van der Waals surface area contributed by atoms with Crippen molar-refractivity contribution in [2.75, 3.05) is 6.61 Å². The third-order valence-corrected chi connectivity index (χ3v) is 4.12. The van der Waals surface area contributed by atoms with Crippen LogP contribution in [0.3, 0.4) is 0 Å². The Kier molecular flexibility index (Phi) is 5.87. The second-order valence-corrected chi connectivity index (χ2v) is 6.09. The van der Waals surface area contributed by atoms with E-state index in [2.05, 4.69) is 5.32 Å². The number of halogens is 2. The van der Waals surface area contributed by atoms with Gasteiger partial charge in [-0.25, -0.2) is 4.39 Å². The van der Waals surface area contributed by atoms with Gasteiger partial charge in [0.15, 0.2) is 6.61 Å². The molecule has 0 aromatic heterocycles. The smallest absolute Gasteiger partial charge is 0.258 e. The molecule has 132 valence electrons. The Morgan fingerprint density at radius 1 is 0.962 bits per heavy atom. The van der Waals surface area contributed by atoms with Gasteiger partial charge >= 0.3 is 0 Å². The average molecular weight is 370 g/mol. The Morgan fingerprint density at radius 2 is 1.54 bits per heavy atom. The van der Waals surface area contributed by atoms with Gasteiger partial charge in [-0.05, 0) is 29.3 Å². The van der Waals surface area contributed by atoms with Crippen molar-refractivity contribution in [2.45, 2.75) is 6.04 Å². The number of hydrogen-bond donors (Lipinski definition) is 1. The number of rotatable bonds is 6. The fraction of sp³-hybridized carbons (Fsp3) is 0.0952. The maximum Gasteiger partial charge on any atom is 0.258 e. The van der Waals surface area contributed by atoms with Gasteiger partial charge in [0.05, 0.1) is 11.1 Å². The van der Waals surface area contributed by atoms with Crippen LogP contribution < -0.4 is 10.1 Å². The minimum Gasteiger partial charge on any atom is -0.482 e. The molecule has 0 spiro atoms. The van der Waals surface area contributed by atoms with Crippen LogP contribution in [0.25, 0.3) is 0 Å². The summed E-state index contributed by atoms with van der Waals surface area (Å²) >= 11 is 5.91. The molecule has 0 atom stereocenters. The standard InChI is InChI=1S/C21H17ClFNO2/c22-18-13-17(23)11-12-19(18)26-14-20(25)24-21(15-7-3-1-4-8-15)16-9-5-2-6-10-16/h1-13,21H,14H2,(H,24,25). The van der Waals surface area contributed by atoms with Crippen molar-refractivity contribution in [2.24, 2.45) is 0 Å². The van der Waals surface area contributed by atoms with E-state index in [1.807, 2.05) is 60.7 Å². The van der Waals surface area contributed by atoms with E-state index in [4.69, 9.17) is 16.3 Å². The van der Waals surface area contributed by atoms with Gasteiger partial charge in [-0.1, -0.05) is 72.3 Å². The van der Waals surface area contributed by atoms with Crippen LogP contribution in [0.5, 0.6) is 5.75 Å². The van der Waals surface area contributed by atoms with Crippen LogP contribution >= 0.6 is 11.6 Å². The lowest BCUT2D eigenvalue weighted by molar-refractivity contribution is -0.123. The highest BCUT2D eigenvalue weighted by atomic mass is 35.5. The predicted molar refractivity (Wildman–Crippen MR) is 99.8 cm³/mol. The number of nitrogens with one attached hydrogen (secondary N) is 1. The van der Waals surface area contributed by atoms with E-state index in [1.54, 1.807) is 0 Å². The summed E-state index contributed by atoms with van der Waals surface area (Å²) in [5, 5.41) is 3.10. The van der Waals surface area contributed by atoms with E-state index in [9.17, 15) is 9.18 Å². The summed E-state index contributed by atoms with van der Waals surface area (Å²) in [7, 11) is 0. The van der Waals surface area contributed by atoms with Crippen LogP contribution in [-0.4, -0.2) is 12.5 Å². The molecule has 26 heavy (non-hydrogen) atoms. The van der Waals surface area contributed by atoms with Gasteiger partial charge in [0.2, 0.25) is 0 Å². The molecule has 3 nitrogen and oxygen atoms in total. The lowest BCUT2D eigenvalue weighted by Crippen LogP contribution is -2.33. The Hall–Kier alpha value is -2.85. The van der Waals surface area contributed by atoms with Crippen LogP contribution in [0.2, 0.25) is 5.02 Å². The zero-order chi connectivity index (χ0) is 18.4. The van der Waals surface area contributed by atoms with E-state index in [0.717, 1.165) is 17.2 Å². The number of benzene rings is 3. The molecule has 0 saturated heterocycles. The summed E-state index contributed by atoms with van der Waals surface area (Å²) in [5.74, 6) is -0.498. The Morgan fingerprint density at radius 3 is 2.08 bits per heavy atom. The Bertz CT molecular complexity index is 832. The van der Waals surface area contributed by atoms with Crippen molar-refractivity contribution in [1.82, 2.24) is 5.32 Å². The summed E-state index contributed by atoms with van der Waals surface area (Å²) in [6, 6.07) is 22.8. The number of carbonyl (C=O) groups is 1. The maximum atomic E-state index is 13.1. The minimum atomic E-state index is -0.458. The monoisotopic (exact) mass is 369 g/mol. The Balaban J connectivity index is 1.71. The molecule has 0 heterocycles. The molecule has 0 aliphatic carbocycles. The van der Waals surface area contributed by atoms with Crippen molar-refractivity contribution in [1.29, 1.82) is 0 Å². The number of hydrogen-bond acceptors (Lipinski definition) is 2. The summed E-state index contributed by atoms with van der Waals surface area (Å²) in [4.78, 5) is 12.4. The molecular weight excluding hydrogens is 353 g/mol. The van der Waals surface area contributed by atoms with Gasteiger partial charge in [-0.2, -0.15) is 0 Å². The van der Waals surface area contributed by atoms with E-state index < -0.39 is 5.82 Å². The van der Waals surface area contributed by atoms with Crippen molar-refractivity contribution < 1.29 is 13.9 Å². The molecule has 3 aromatic rings. The van der Waals surface area contributed by atoms with E-state index in [1.165, 1.54) is 12.1 Å². The minimum absolute atomic E-state index is 0.125. The van der Waals surface area contributed by atoms with E-state index in [0.29, 0.717) is 0 Å². The van der Waals surface area contributed by atoms with Crippen LogP contribution in [0.1, 0.15) is 17.2 Å². The van der Waals surface area contributed by atoms with Gasteiger partial charge in [0, 0.05) is 0 Å². The molecular formula is C21H17ClFNO2. The number of carbonyl (C=O) groups excluding carboxylic acids is 1. The number of ether oxygens (including phenoxy) is 1. The van der Waals surface area contributed by atoms with Crippen LogP contribution in [-0.2, 0) is 4.79 Å². The van der Waals surface area contributed by atoms with Crippen molar-refractivity contribution in [3.8, 4) is 5.75 Å². The third kappa shape index (κ3) is 4.61. The second kappa shape index (κ2) is 8.50. The molecule has 0 bridgehead atoms. The van der Waals surface area contributed by atoms with E-state index in [-0.39, 0.29) is 29.3 Å². The zero-order valence-corrected chi connectivity index (χ0v) is 14.6. The van der Waals surface area contributed by atoms with Crippen LogP contribution in [0.4, 0.5) is 4.39 Å². The highest BCUT2D eigenvalue weighted by Gasteiger charge is 2.17. The van der Waals surface area contributed by atoms with Gasteiger partial charge in [0.1, 0.15) is 11.6 Å². The highest BCUT2D eigenvalue weighted by molar-refractivity contribution is 6.32. The molecule has 0 aliphatic heterocycles. The molecule has 0 unspecified atom stereocenters. The fourth-order valence-electron chi connectivity index (χ4n) is 2.59. The normalized spacial score (nSPS) is 10.6. The zero-order valence-electron chi connectivity index (χ0n) is 13.9. The molecule has 1 N–H and O–H groups in total. The quantitative estimate of drug-likeness (QED) is 0.680.